The third kappa shape index (κ3) is 1.40. The van der Waals surface area contributed by atoms with Gasteiger partial charge in [-0.05, 0) is 19.1 Å². The highest BCUT2D eigenvalue weighted by Crippen LogP contribution is 2.30. The van der Waals surface area contributed by atoms with Crippen molar-refractivity contribution in [2.45, 2.75) is 6.92 Å². The zero-order valence-corrected chi connectivity index (χ0v) is 11.0. The lowest BCUT2D eigenvalue weighted by Crippen LogP contribution is -1.97. The molecule has 4 aromatic rings. The maximum Gasteiger partial charge on any atom is 0.162 e. The van der Waals surface area contributed by atoms with Crippen LogP contribution < -0.4 is 0 Å². The van der Waals surface area contributed by atoms with Crippen LogP contribution in [-0.2, 0) is 0 Å². The fourth-order valence-electron chi connectivity index (χ4n) is 2.83. The molecule has 3 nitrogen and oxygen atoms in total. The van der Waals surface area contributed by atoms with Crippen LogP contribution in [0.2, 0.25) is 0 Å². The number of ketones is 1. The highest BCUT2D eigenvalue weighted by molar-refractivity contribution is 6.20. The fourth-order valence-corrected chi connectivity index (χ4v) is 2.83. The topological polar surface area (TPSA) is 45.8 Å². The molecule has 2 aromatic heterocycles. The van der Waals surface area contributed by atoms with Crippen LogP contribution in [0.1, 0.15) is 17.3 Å². The summed E-state index contributed by atoms with van der Waals surface area (Å²) in [5.41, 5.74) is 4.28. The molecule has 96 valence electrons. The summed E-state index contributed by atoms with van der Waals surface area (Å²) in [6, 6.07) is 15.8. The zero-order valence-electron chi connectivity index (χ0n) is 11.0. The van der Waals surface area contributed by atoms with Gasteiger partial charge < -0.3 is 4.98 Å². The summed E-state index contributed by atoms with van der Waals surface area (Å²) in [5, 5.41) is 1.95. The largest absolute Gasteiger partial charge is 0.353 e. The number of aromatic nitrogens is 2. The number of hydrogen-bond acceptors (Lipinski definition) is 2. The lowest BCUT2D eigenvalue weighted by Gasteiger charge is -2.04. The predicted octanol–water partition coefficient (Wildman–Crippen LogP) is 4.07. The minimum absolute atomic E-state index is 0.0557. The van der Waals surface area contributed by atoms with Gasteiger partial charge >= 0.3 is 0 Å². The van der Waals surface area contributed by atoms with Crippen molar-refractivity contribution in [2.75, 3.05) is 0 Å². The molecule has 0 spiro atoms. The molecular weight excluding hydrogens is 248 g/mol. The lowest BCUT2D eigenvalue weighted by atomic mass is 10.0. The number of pyridine rings is 1. The lowest BCUT2D eigenvalue weighted by molar-refractivity contribution is 0.102. The van der Waals surface area contributed by atoms with Crippen molar-refractivity contribution >= 4 is 38.6 Å². The molecule has 0 atom stereocenters. The first kappa shape index (κ1) is 11.2. The minimum Gasteiger partial charge on any atom is -0.353 e. The molecule has 3 heteroatoms. The molecule has 2 aromatic carbocycles. The van der Waals surface area contributed by atoms with Crippen LogP contribution >= 0.6 is 0 Å². The summed E-state index contributed by atoms with van der Waals surface area (Å²) in [4.78, 5) is 20.2. The summed E-state index contributed by atoms with van der Waals surface area (Å²) < 4.78 is 0. The van der Waals surface area contributed by atoms with Crippen molar-refractivity contribution in [3.05, 3.63) is 54.1 Å². The van der Waals surface area contributed by atoms with Crippen LogP contribution in [-0.4, -0.2) is 15.8 Å². The molecule has 0 aliphatic carbocycles. The highest BCUT2D eigenvalue weighted by Gasteiger charge is 2.16. The molecule has 4 rings (SSSR count). The van der Waals surface area contributed by atoms with Crippen molar-refractivity contribution in [2.24, 2.45) is 0 Å². The maximum atomic E-state index is 12.1. The Labute approximate surface area is 115 Å². The van der Waals surface area contributed by atoms with E-state index in [1.165, 1.54) is 0 Å². The van der Waals surface area contributed by atoms with Crippen LogP contribution in [0.4, 0.5) is 0 Å². The number of aromatic amines is 1. The number of para-hydroxylation sites is 2. The normalized spacial score (nSPS) is 11.4. The molecule has 0 aliphatic heterocycles. The molecule has 0 fully saturated rings. The van der Waals surface area contributed by atoms with E-state index in [-0.39, 0.29) is 5.78 Å². The van der Waals surface area contributed by atoms with E-state index in [0.29, 0.717) is 0 Å². The molecular formula is C17H12N2O. The second kappa shape index (κ2) is 3.90. The second-order valence-corrected chi connectivity index (χ2v) is 4.95. The van der Waals surface area contributed by atoms with Crippen molar-refractivity contribution in [3.63, 3.8) is 0 Å². The first-order valence-corrected chi connectivity index (χ1v) is 6.56. The van der Waals surface area contributed by atoms with E-state index in [4.69, 9.17) is 4.98 Å². The van der Waals surface area contributed by atoms with E-state index in [2.05, 4.69) is 4.98 Å². The number of fused-ring (bicyclic) bond motifs is 4. The summed E-state index contributed by atoms with van der Waals surface area (Å²) in [5.74, 6) is 0.0557. The molecule has 0 saturated heterocycles. The Balaban J connectivity index is 2.34. The first-order valence-electron chi connectivity index (χ1n) is 6.56. The highest BCUT2D eigenvalue weighted by atomic mass is 16.1. The summed E-state index contributed by atoms with van der Waals surface area (Å²) in [6.07, 6.45) is 0. The van der Waals surface area contributed by atoms with Gasteiger partial charge in [-0.2, -0.15) is 0 Å². The van der Waals surface area contributed by atoms with Gasteiger partial charge in [0, 0.05) is 16.3 Å². The van der Waals surface area contributed by atoms with Gasteiger partial charge in [0.25, 0.3) is 0 Å². The Morgan fingerprint density at radius 1 is 1.00 bits per heavy atom. The standard InChI is InChI=1S/C17H12N2O/c1-10(20)15-11-6-2-4-8-13(11)18-16-12-7-3-5-9-14(12)19-17(15)16/h2-9,19H,1H3. The summed E-state index contributed by atoms with van der Waals surface area (Å²) >= 11 is 0. The van der Waals surface area contributed by atoms with E-state index in [9.17, 15) is 4.79 Å². The van der Waals surface area contributed by atoms with Gasteiger partial charge in [-0.25, -0.2) is 4.98 Å². The van der Waals surface area contributed by atoms with Gasteiger partial charge in [0.2, 0.25) is 0 Å². The quantitative estimate of drug-likeness (QED) is 0.524. The van der Waals surface area contributed by atoms with E-state index in [1.807, 2.05) is 48.5 Å². The predicted molar refractivity (Wildman–Crippen MR) is 81.1 cm³/mol. The molecule has 20 heavy (non-hydrogen) atoms. The van der Waals surface area contributed by atoms with Gasteiger partial charge in [-0.3, -0.25) is 4.79 Å². The Kier molecular flexibility index (Phi) is 2.18. The van der Waals surface area contributed by atoms with Gasteiger partial charge in [0.05, 0.1) is 22.1 Å². The van der Waals surface area contributed by atoms with Crippen molar-refractivity contribution in [1.29, 1.82) is 0 Å². The minimum atomic E-state index is 0.0557. The van der Waals surface area contributed by atoms with Gasteiger partial charge in [-0.1, -0.05) is 36.4 Å². The van der Waals surface area contributed by atoms with Crippen molar-refractivity contribution < 1.29 is 4.79 Å². The van der Waals surface area contributed by atoms with Gasteiger partial charge in [0.1, 0.15) is 0 Å². The molecule has 0 saturated carbocycles. The number of carbonyl (C=O) groups excluding carboxylic acids is 1. The van der Waals surface area contributed by atoms with Crippen molar-refractivity contribution in [1.82, 2.24) is 9.97 Å². The molecule has 0 amide bonds. The van der Waals surface area contributed by atoms with E-state index >= 15 is 0 Å². The van der Waals surface area contributed by atoms with E-state index in [1.54, 1.807) is 6.92 Å². The molecule has 0 unspecified atom stereocenters. The number of hydrogen-bond donors (Lipinski definition) is 1. The van der Waals surface area contributed by atoms with Crippen LogP contribution in [0.3, 0.4) is 0 Å². The van der Waals surface area contributed by atoms with Crippen LogP contribution in [0.25, 0.3) is 32.8 Å². The van der Waals surface area contributed by atoms with E-state index in [0.717, 1.165) is 38.4 Å². The Morgan fingerprint density at radius 2 is 1.70 bits per heavy atom. The Morgan fingerprint density at radius 3 is 2.50 bits per heavy atom. The van der Waals surface area contributed by atoms with Crippen molar-refractivity contribution in [3.8, 4) is 0 Å². The fraction of sp³-hybridized carbons (Fsp3) is 0.0588. The average molecular weight is 260 g/mol. The molecule has 0 radical (unpaired) electrons. The molecule has 0 aliphatic rings. The second-order valence-electron chi connectivity index (χ2n) is 4.95. The maximum absolute atomic E-state index is 12.1. The monoisotopic (exact) mass is 260 g/mol. The Bertz CT molecular complexity index is 982. The number of nitrogens with zero attached hydrogens (tertiary/aromatic N) is 1. The van der Waals surface area contributed by atoms with Crippen LogP contribution in [0, 0.1) is 0 Å². The first-order chi connectivity index (χ1) is 9.75. The average Bonchev–Trinajstić information content (AvgIpc) is 2.82. The third-order valence-electron chi connectivity index (χ3n) is 3.69. The number of nitrogens with one attached hydrogen (secondary N) is 1. The smallest absolute Gasteiger partial charge is 0.162 e. The van der Waals surface area contributed by atoms with Gasteiger partial charge in [0.15, 0.2) is 5.78 Å². The SMILES string of the molecule is CC(=O)c1c2ccccc2nc2c1[nH]c1ccccc12. The number of H-pyrrole nitrogens is 1. The molecule has 1 N–H and O–H groups in total. The van der Waals surface area contributed by atoms with E-state index < -0.39 is 0 Å². The number of Topliss-reactive ketones (excluding diaryl/α,β-unsaturated/α-hetero) is 1. The summed E-state index contributed by atoms with van der Waals surface area (Å²) in [7, 11) is 0. The molecule has 0 bridgehead atoms. The third-order valence-corrected chi connectivity index (χ3v) is 3.69. The van der Waals surface area contributed by atoms with Crippen LogP contribution in [0.15, 0.2) is 48.5 Å². The number of carbonyl (C=O) groups is 1. The number of benzene rings is 2. The summed E-state index contributed by atoms with van der Waals surface area (Å²) in [6.45, 7) is 1.60. The zero-order chi connectivity index (χ0) is 13.7. The Hall–Kier alpha value is -2.68. The van der Waals surface area contributed by atoms with Gasteiger partial charge in [-0.15, -0.1) is 0 Å². The number of rotatable bonds is 1. The molecule has 2 heterocycles. The van der Waals surface area contributed by atoms with Crippen LogP contribution in [0.5, 0.6) is 0 Å².